The second-order valence-electron chi connectivity index (χ2n) is 5.27. The molecule has 18 heavy (non-hydrogen) atoms. The molecule has 0 aliphatic carbocycles. The summed E-state index contributed by atoms with van der Waals surface area (Å²) < 4.78 is 0. The van der Waals surface area contributed by atoms with Crippen LogP contribution in [0.2, 0.25) is 0 Å². The molecule has 0 bridgehead atoms. The van der Waals surface area contributed by atoms with Gasteiger partial charge < -0.3 is 10.2 Å². The van der Waals surface area contributed by atoms with Crippen LogP contribution >= 0.6 is 0 Å². The number of aromatic nitrogens is 1. The van der Waals surface area contributed by atoms with E-state index in [1.165, 1.54) is 44.3 Å². The molecule has 1 saturated heterocycles. The lowest BCUT2D eigenvalue weighted by atomic mass is 9.92. The highest BCUT2D eigenvalue weighted by molar-refractivity contribution is 5.41. The van der Waals surface area contributed by atoms with Gasteiger partial charge in [-0.25, -0.2) is 4.98 Å². The highest BCUT2D eigenvalue weighted by Gasteiger charge is 2.19. The van der Waals surface area contributed by atoms with Crippen molar-refractivity contribution < 1.29 is 0 Å². The fourth-order valence-corrected chi connectivity index (χ4v) is 2.81. The molecule has 1 N–H and O–H groups in total. The summed E-state index contributed by atoms with van der Waals surface area (Å²) >= 11 is 0. The highest BCUT2D eigenvalue weighted by Crippen LogP contribution is 2.25. The predicted octanol–water partition coefficient (Wildman–Crippen LogP) is 2.82. The Morgan fingerprint density at radius 2 is 2.17 bits per heavy atom. The molecule has 1 aromatic heterocycles. The van der Waals surface area contributed by atoms with Gasteiger partial charge in [-0.15, -0.1) is 0 Å². The van der Waals surface area contributed by atoms with Crippen LogP contribution in [-0.2, 0) is 6.54 Å². The molecule has 0 amide bonds. The second-order valence-corrected chi connectivity index (χ2v) is 5.27. The van der Waals surface area contributed by atoms with Crippen molar-refractivity contribution >= 4 is 5.82 Å². The standard InChI is InChI=1S/C15H25N3/c1-3-4-13-6-9-18(10-7-13)15-11-14(12-16-2)5-8-17-15/h5,8,11,13,16H,3-4,6-7,9-10,12H2,1-2H3. The van der Waals surface area contributed by atoms with Crippen molar-refractivity contribution in [1.29, 1.82) is 0 Å². The summed E-state index contributed by atoms with van der Waals surface area (Å²) in [7, 11) is 1.98. The number of pyridine rings is 1. The quantitative estimate of drug-likeness (QED) is 0.867. The molecule has 100 valence electrons. The van der Waals surface area contributed by atoms with Gasteiger partial charge in [-0.3, -0.25) is 0 Å². The van der Waals surface area contributed by atoms with Crippen LogP contribution in [0.1, 0.15) is 38.2 Å². The zero-order chi connectivity index (χ0) is 12.8. The average Bonchev–Trinajstić information content (AvgIpc) is 2.41. The molecule has 3 heteroatoms. The van der Waals surface area contributed by atoms with E-state index >= 15 is 0 Å². The molecule has 1 aliphatic rings. The summed E-state index contributed by atoms with van der Waals surface area (Å²) in [6, 6.07) is 4.31. The SMILES string of the molecule is CCCC1CCN(c2cc(CNC)ccn2)CC1. The summed E-state index contributed by atoms with van der Waals surface area (Å²) in [6.07, 6.45) is 7.29. The first-order valence-electron chi connectivity index (χ1n) is 7.18. The van der Waals surface area contributed by atoms with Crippen molar-refractivity contribution in [2.24, 2.45) is 5.92 Å². The van der Waals surface area contributed by atoms with Crippen LogP contribution in [-0.4, -0.2) is 25.1 Å². The average molecular weight is 247 g/mol. The first kappa shape index (κ1) is 13.3. The van der Waals surface area contributed by atoms with Gasteiger partial charge in [0.2, 0.25) is 0 Å². The van der Waals surface area contributed by atoms with Gasteiger partial charge in [-0.1, -0.05) is 19.8 Å². The molecule has 0 aromatic carbocycles. The fraction of sp³-hybridized carbons (Fsp3) is 0.667. The maximum Gasteiger partial charge on any atom is 0.128 e. The Kier molecular flexibility index (Phi) is 5.00. The van der Waals surface area contributed by atoms with Gasteiger partial charge in [0.05, 0.1) is 0 Å². The van der Waals surface area contributed by atoms with Crippen molar-refractivity contribution in [3.63, 3.8) is 0 Å². The first-order valence-corrected chi connectivity index (χ1v) is 7.18. The number of hydrogen-bond acceptors (Lipinski definition) is 3. The summed E-state index contributed by atoms with van der Waals surface area (Å²) in [6.45, 7) is 5.54. The zero-order valence-electron chi connectivity index (χ0n) is 11.7. The van der Waals surface area contributed by atoms with Crippen molar-refractivity contribution in [2.75, 3.05) is 25.0 Å². The van der Waals surface area contributed by atoms with Crippen molar-refractivity contribution in [2.45, 2.75) is 39.2 Å². The molecule has 3 nitrogen and oxygen atoms in total. The molecule has 0 unspecified atom stereocenters. The highest BCUT2D eigenvalue weighted by atomic mass is 15.2. The van der Waals surface area contributed by atoms with E-state index in [-0.39, 0.29) is 0 Å². The Hall–Kier alpha value is -1.09. The van der Waals surface area contributed by atoms with Gasteiger partial charge in [-0.05, 0) is 43.5 Å². The lowest BCUT2D eigenvalue weighted by Crippen LogP contribution is -2.34. The molecular formula is C15H25N3. The van der Waals surface area contributed by atoms with Gasteiger partial charge in [0.15, 0.2) is 0 Å². The number of hydrogen-bond donors (Lipinski definition) is 1. The number of piperidine rings is 1. The minimum atomic E-state index is 0.918. The third kappa shape index (κ3) is 3.45. The molecular weight excluding hydrogens is 222 g/mol. The Balaban J connectivity index is 1.94. The summed E-state index contributed by atoms with van der Waals surface area (Å²) in [5, 5.41) is 3.19. The molecule has 2 heterocycles. The van der Waals surface area contributed by atoms with Gasteiger partial charge in [-0.2, -0.15) is 0 Å². The third-order valence-corrected chi connectivity index (χ3v) is 3.83. The Morgan fingerprint density at radius 3 is 2.83 bits per heavy atom. The molecule has 0 radical (unpaired) electrons. The summed E-state index contributed by atoms with van der Waals surface area (Å²) in [4.78, 5) is 6.95. The van der Waals surface area contributed by atoms with E-state index in [1.807, 2.05) is 13.2 Å². The van der Waals surface area contributed by atoms with Gasteiger partial charge in [0, 0.05) is 25.8 Å². The van der Waals surface area contributed by atoms with Crippen LogP contribution in [0.3, 0.4) is 0 Å². The van der Waals surface area contributed by atoms with E-state index in [0.29, 0.717) is 0 Å². The topological polar surface area (TPSA) is 28.2 Å². The molecule has 0 saturated carbocycles. The smallest absolute Gasteiger partial charge is 0.128 e. The van der Waals surface area contributed by atoms with Gasteiger partial charge >= 0.3 is 0 Å². The Bertz CT molecular complexity index is 357. The van der Waals surface area contributed by atoms with E-state index in [0.717, 1.165) is 18.3 Å². The minimum absolute atomic E-state index is 0.918. The van der Waals surface area contributed by atoms with Crippen molar-refractivity contribution in [3.8, 4) is 0 Å². The lowest BCUT2D eigenvalue weighted by molar-refractivity contribution is 0.377. The number of nitrogens with one attached hydrogen (secondary N) is 1. The van der Waals surface area contributed by atoms with Crippen LogP contribution < -0.4 is 10.2 Å². The minimum Gasteiger partial charge on any atom is -0.357 e. The number of nitrogens with zero attached hydrogens (tertiary/aromatic N) is 2. The van der Waals surface area contributed by atoms with E-state index in [1.54, 1.807) is 0 Å². The van der Waals surface area contributed by atoms with Crippen LogP contribution in [0.4, 0.5) is 5.82 Å². The second kappa shape index (κ2) is 6.74. The molecule has 0 spiro atoms. The maximum atomic E-state index is 4.51. The van der Waals surface area contributed by atoms with E-state index in [9.17, 15) is 0 Å². The monoisotopic (exact) mass is 247 g/mol. The van der Waals surface area contributed by atoms with Gasteiger partial charge in [0.1, 0.15) is 5.82 Å². The normalized spacial score (nSPS) is 17.1. The molecule has 0 atom stereocenters. The number of rotatable bonds is 5. The first-order chi connectivity index (χ1) is 8.83. The molecule has 1 aromatic rings. The van der Waals surface area contributed by atoms with Crippen molar-refractivity contribution in [1.82, 2.24) is 10.3 Å². The van der Waals surface area contributed by atoms with E-state index in [2.05, 4.69) is 34.3 Å². The predicted molar refractivity (Wildman–Crippen MR) is 76.8 cm³/mol. The Morgan fingerprint density at radius 1 is 1.39 bits per heavy atom. The van der Waals surface area contributed by atoms with Gasteiger partial charge in [0.25, 0.3) is 0 Å². The fourth-order valence-electron chi connectivity index (χ4n) is 2.81. The van der Waals surface area contributed by atoms with Crippen molar-refractivity contribution in [3.05, 3.63) is 23.9 Å². The maximum absolute atomic E-state index is 4.51. The van der Waals surface area contributed by atoms with Crippen LogP contribution in [0.5, 0.6) is 0 Å². The molecule has 1 fully saturated rings. The molecule has 1 aliphatic heterocycles. The lowest BCUT2D eigenvalue weighted by Gasteiger charge is -2.32. The zero-order valence-corrected chi connectivity index (χ0v) is 11.7. The molecule has 2 rings (SSSR count). The number of anilines is 1. The van der Waals surface area contributed by atoms with Crippen LogP contribution in [0, 0.1) is 5.92 Å². The third-order valence-electron chi connectivity index (χ3n) is 3.83. The van der Waals surface area contributed by atoms with Crippen LogP contribution in [0.25, 0.3) is 0 Å². The summed E-state index contributed by atoms with van der Waals surface area (Å²) in [5.74, 6) is 2.09. The largest absolute Gasteiger partial charge is 0.357 e. The van der Waals surface area contributed by atoms with Crippen LogP contribution in [0.15, 0.2) is 18.3 Å². The van der Waals surface area contributed by atoms with E-state index < -0.39 is 0 Å². The summed E-state index contributed by atoms with van der Waals surface area (Å²) in [5.41, 5.74) is 1.32. The van der Waals surface area contributed by atoms with E-state index in [4.69, 9.17) is 0 Å². The Labute approximate surface area is 111 Å².